The Labute approximate surface area is 89.2 Å². The van der Waals surface area contributed by atoms with E-state index >= 15 is 0 Å². The molecule has 1 atom stereocenters. The van der Waals surface area contributed by atoms with Gasteiger partial charge in [-0.3, -0.25) is 0 Å². The highest BCUT2D eigenvalue weighted by Gasteiger charge is 2.23. The summed E-state index contributed by atoms with van der Waals surface area (Å²) in [5, 5.41) is 11.3. The molecule has 0 fully saturated rings. The number of nitrogens with zero attached hydrogens (tertiary/aromatic N) is 1. The minimum absolute atomic E-state index is 0.207. The van der Waals surface area contributed by atoms with Crippen LogP contribution in [-0.4, -0.2) is 30.1 Å². The molecule has 14 heavy (non-hydrogen) atoms. The summed E-state index contributed by atoms with van der Waals surface area (Å²) in [6.07, 6.45) is 3.52. The average Bonchev–Trinajstić information content (AvgIpc) is 2.59. The quantitative estimate of drug-likeness (QED) is 0.804. The van der Waals surface area contributed by atoms with Crippen LogP contribution in [0.15, 0.2) is 5.38 Å². The van der Waals surface area contributed by atoms with E-state index in [1.165, 1.54) is 16.9 Å². The van der Waals surface area contributed by atoms with Crippen molar-refractivity contribution < 1.29 is 5.11 Å². The average molecular weight is 211 g/mol. The lowest BCUT2D eigenvalue weighted by atomic mass is 9.92. The molecular formula is C11H17NOS. The van der Waals surface area contributed by atoms with Gasteiger partial charge in [0.1, 0.15) is 0 Å². The van der Waals surface area contributed by atoms with Gasteiger partial charge in [0.25, 0.3) is 0 Å². The molecule has 0 bridgehead atoms. The van der Waals surface area contributed by atoms with Crippen molar-refractivity contribution >= 4 is 11.3 Å². The van der Waals surface area contributed by atoms with E-state index in [9.17, 15) is 0 Å². The van der Waals surface area contributed by atoms with Crippen molar-refractivity contribution in [2.75, 3.05) is 14.1 Å². The molecule has 1 aromatic heterocycles. The summed E-state index contributed by atoms with van der Waals surface area (Å²) in [4.78, 5) is 3.79. The normalized spacial score (nSPS) is 21.3. The molecule has 0 aliphatic heterocycles. The van der Waals surface area contributed by atoms with Gasteiger partial charge in [0.05, 0.1) is 6.61 Å². The van der Waals surface area contributed by atoms with E-state index in [2.05, 4.69) is 24.4 Å². The van der Waals surface area contributed by atoms with Crippen LogP contribution in [-0.2, 0) is 19.4 Å². The molecule has 0 radical (unpaired) electrons. The third kappa shape index (κ3) is 1.72. The predicted molar refractivity (Wildman–Crippen MR) is 59.7 cm³/mol. The molecule has 2 rings (SSSR count). The maximum absolute atomic E-state index is 9.15. The van der Waals surface area contributed by atoms with Crippen LogP contribution in [0.4, 0.5) is 0 Å². The van der Waals surface area contributed by atoms with Gasteiger partial charge in [0.2, 0.25) is 0 Å². The minimum Gasteiger partial charge on any atom is -0.392 e. The van der Waals surface area contributed by atoms with E-state index in [0.29, 0.717) is 6.04 Å². The Balaban J connectivity index is 2.20. The molecule has 1 heterocycles. The van der Waals surface area contributed by atoms with E-state index in [1.807, 2.05) is 11.3 Å². The smallest absolute Gasteiger partial charge is 0.0692 e. The van der Waals surface area contributed by atoms with E-state index in [4.69, 9.17) is 5.11 Å². The van der Waals surface area contributed by atoms with Crippen molar-refractivity contribution in [1.82, 2.24) is 4.90 Å². The lowest BCUT2D eigenvalue weighted by Crippen LogP contribution is -2.33. The predicted octanol–water partition coefficient (Wildman–Crippen LogP) is 1.66. The summed E-state index contributed by atoms with van der Waals surface area (Å²) >= 11 is 1.81. The number of likely N-dealkylation sites (N-methyl/N-ethyl adjacent to an activating group) is 1. The Morgan fingerprint density at radius 3 is 3.00 bits per heavy atom. The second kappa shape index (κ2) is 4.01. The van der Waals surface area contributed by atoms with Gasteiger partial charge in [-0.2, -0.15) is 0 Å². The first kappa shape index (κ1) is 10.1. The summed E-state index contributed by atoms with van der Waals surface area (Å²) in [5.74, 6) is 0. The van der Waals surface area contributed by atoms with Crippen LogP contribution in [0.25, 0.3) is 0 Å². The molecule has 2 nitrogen and oxygen atoms in total. The Morgan fingerprint density at radius 1 is 1.57 bits per heavy atom. The van der Waals surface area contributed by atoms with E-state index < -0.39 is 0 Å². The lowest BCUT2D eigenvalue weighted by molar-refractivity contribution is 0.264. The molecule has 1 aliphatic rings. The number of fused-ring (bicyclic) bond motifs is 1. The van der Waals surface area contributed by atoms with E-state index in [1.54, 1.807) is 0 Å². The first-order chi connectivity index (χ1) is 6.72. The minimum atomic E-state index is 0.207. The molecule has 0 amide bonds. The Hall–Kier alpha value is -0.380. The van der Waals surface area contributed by atoms with Crippen molar-refractivity contribution in [1.29, 1.82) is 0 Å². The highest BCUT2D eigenvalue weighted by molar-refractivity contribution is 7.10. The fraction of sp³-hybridized carbons (Fsp3) is 0.636. The SMILES string of the molecule is CN(C)C1CCc2c(CO)csc2C1. The maximum atomic E-state index is 9.15. The molecule has 3 heteroatoms. The lowest BCUT2D eigenvalue weighted by Gasteiger charge is -2.28. The zero-order chi connectivity index (χ0) is 10.1. The standard InChI is InChI=1S/C11H17NOS/c1-12(2)9-3-4-10-8(6-13)7-14-11(10)5-9/h7,9,13H,3-6H2,1-2H3. The summed E-state index contributed by atoms with van der Waals surface area (Å²) in [6, 6.07) is 0.688. The molecule has 1 unspecified atom stereocenters. The third-order valence-electron chi connectivity index (χ3n) is 3.12. The van der Waals surface area contributed by atoms with Gasteiger partial charge in [-0.25, -0.2) is 0 Å². The van der Waals surface area contributed by atoms with E-state index in [0.717, 1.165) is 18.4 Å². The Kier molecular flexibility index (Phi) is 2.91. The number of aliphatic hydroxyl groups excluding tert-OH is 1. The molecule has 78 valence electrons. The van der Waals surface area contributed by atoms with Gasteiger partial charge in [0, 0.05) is 10.9 Å². The first-order valence-corrected chi connectivity index (χ1v) is 5.95. The number of rotatable bonds is 2. The van der Waals surface area contributed by atoms with E-state index in [-0.39, 0.29) is 6.61 Å². The fourth-order valence-corrected chi connectivity index (χ4v) is 3.30. The molecule has 1 aromatic rings. The van der Waals surface area contributed by atoms with Crippen LogP contribution in [0.1, 0.15) is 22.4 Å². The number of hydrogen-bond acceptors (Lipinski definition) is 3. The third-order valence-corrected chi connectivity index (χ3v) is 4.22. The van der Waals surface area contributed by atoms with Gasteiger partial charge in [-0.1, -0.05) is 0 Å². The van der Waals surface area contributed by atoms with Gasteiger partial charge >= 0.3 is 0 Å². The second-order valence-electron chi connectivity index (χ2n) is 4.18. The second-order valence-corrected chi connectivity index (χ2v) is 5.15. The van der Waals surface area contributed by atoms with Crippen LogP contribution >= 0.6 is 11.3 Å². The number of hydrogen-bond donors (Lipinski definition) is 1. The molecular weight excluding hydrogens is 194 g/mol. The highest BCUT2D eigenvalue weighted by Crippen LogP contribution is 2.31. The zero-order valence-electron chi connectivity index (χ0n) is 8.79. The molecule has 0 saturated carbocycles. The van der Waals surface area contributed by atoms with Gasteiger partial charge in [-0.05, 0) is 49.9 Å². The Bertz CT molecular complexity index is 319. The summed E-state index contributed by atoms with van der Waals surface area (Å²) in [6.45, 7) is 0.207. The maximum Gasteiger partial charge on any atom is 0.0692 e. The van der Waals surface area contributed by atoms with Gasteiger partial charge < -0.3 is 10.0 Å². The van der Waals surface area contributed by atoms with Crippen molar-refractivity contribution in [3.8, 4) is 0 Å². The molecule has 0 aromatic carbocycles. The van der Waals surface area contributed by atoms with Crippen molar-refractivity contribution in [3.63, 3.8) is 0 Å². The first-order valence-electron chi connectivity index (χ1n) is 5.07. The van der Waals surface area contributed by atoms with Crippen LogP contribution in [0.3, 0.4) is 0 Å². The molecule has 1 N–H and O–H groups in total. The van der Waals surface area contributed by atoms with Gasteiger partial charge in [-0.15, -0.1) is 11.3 Å². The van der Waals surface area contributed by atoms with Crippen LogP contribution in [0.2, 0.25) is 0 Å². The van der Waals surface area contributed by atoms with Crippen molar-refractivity contribution in [3.05, 3.63) is 21.4 Å². The largest absolute Gasteiger partial charge is 0.392 e. The van der Waals surface area contributed by atoms with Crippen LogP contribution < -0.4 is 0 Å². The van der Waals surface area contributed by atoms with Gasteiger partial charge in [0.15, 0.2) is 0 Å². The van der Waals surface area contributed by atoms with Crippen molar-refractivity contribution in [2.45, 2.75) is 31.9 Å². The summed E-state index contributed by atoms with van der Waals surface area (Å²) in [5.41, 5.74) is 2.58. The number of thiophene rings is 1. The molecule has 1 aliphatic carbocycles. The molecule has 0 saturated heterocycles. The topological polar surface area (TPSA) is 23.5 Å². The zero-order valence-corrected chi connectivity index (χ0v) is 9.60. The van der Waals surface area contributed by atoms with Crippen LogP contribution in [0, 0.1) is 0 Å². The summed E-state index contributed by atoms with van der Waals surface area (Å²) < 4.78 is 0. The number of aliphatic hydroxyl groups is 1. The highest BCUT2D eigenvalue weighted by atomic mass is 32.1. The molecule has 0 spiro atoms. The monoisotopic (exact) mass is 211 g/mol. The Morgan fingerprint density at radius 2 is 2.36 bits per heavy atom. The van der Waals surface area contributed by atoms with Crippen molar-refractivity contribution in [2.24, 2.45) is 0 Å². The van der Waals surface area contributed by atoms with Crippen LogP contribution in [0.5, 0.6) is 0 Å². The summed E-state index contributed by atoms with van der Waals surface area (Å²) in [7, 11) is 4.30. The fourth-order valence-electron chi connectivity index (χ4n) is 2.14.